The van der Waals surface area contributed by atoms with Crippen molar-refractivity contribution in [2.45, 2.75) is 26.9 Å². The van der Waals surface area contributed by atoms with Crippen molar-refractivity contribution in [2.24, 2.45) is 0 Å². The van der Waals surface area contributed by atoms with Gasteiger partial charge in [-0.1, -0.05) is 29.7 Å². The smallest absolute Gasteiger partial charge is 0.166 e. The summed E-state index contributed by atoms with van der Waals surface area (Å²) >= 11 is 0. The lowest BCUT2D eigenvalue weighted by molar-refractivity contribution is -0.137. The largest absolute Gasteiger partial charge is 0.416 e. The van der Waals surface area contributed by atoms with Gasteiger partial charge in [-0.25, -0.2) is 0 Å². The van der Waals surface area contributed by atoms with Gasteiger partial charge < -0.3 is 0 Å². The second-order valence-corrected chi connectivity index (χ2v) is 5.31. The fourth-order valence-corrected chi connectivity index (χ4v) is 2.21. The number of hydrogen-bond acceptors (Lipinski definition) is 0. The molecule has 0 fully saturated rings. The summed E-state index contributed by atoms with van der Waals surface area (Å²) in [6, 6.07) is 9.12. The lowest BCUT2D eigenvalue weighted by Gasteiger charge is -2.07. The van der Waals surface area contributed by atoms with E-state index < -0.39 is 11.7 Å². The fourth-order valence-electron chi connectivity index (χ4n) is 2.21. The maximum absolute atomic E-state index is 12.9. The van der Waals surface area contributed by atoms with Crippen LogP contribution in [0.25, 0.3) is 0 Å². The molecule has 0 saturated carbocycles. The van der Waals surface area contributed by atoms with E-state index in [0.29, 0.717) is 5.56 Å². The molecule has 124 valence electrons. The zero-order chi connectivity index (χ0) is 18.4. The van der Waals surface area contributed by atoms with Crippen LogP contribution in [0.5, 0.6) is 0 Å². The molecule has 2 aromatic rings. The van der Waals surface area contributed by atoms with Crippen molar-refractivity contribution < 1.29 is 13.2 Å². The maximum Gasteiger partial charge on any atom is 0.416 e. The first-order chi connectivity index (χ1) is 11.8. The molecular formula is C22H15F3. The van der Waals surface area contributed by atoms with Gasteiger partial charge in [-0.15, -0.1) is 11.8 Å². The highest BCUT2D eigenvalue weighted by atomic mass is 19.4. The van der Waals surface area contributed by atoms with Gasteiger partial charge in [0.1, 0.15) is 0 Å². The lowest BCUT2D eigenvalue weighted by atomic mass is 10.0. The van der Waals surface area contributed by atoms with Crippen LogP contribution in [0, 0.1) is 42.4 Å². The summed E-state index contributed by atoms with van der Waals surface area (Å²) in [5.74, 6) is 17.1. The van der Waals surface area contributed by atoms with Gasteiger partial charge in [0, 0.05) is 22.3 Å². The molecule has 0 aliphatic carbocycles. The van der Waals surface area contributed by atoms with E-state index in [1.54, 1.807) is 13.8 Å². The molecule has 0 radical (unpaired) electrons. The molecule has 0 aliphatic heterocycles. The van der Waals surface area contributed by atoms with E-state index in [4.69, 9.17) is 0 Å². The minimum Gasteiger partial charge on any atom is -0.166 e. The number of alkyl halides is 3. The Kier molecular flexibility index (Phi) is 5.59. The third-order valence-corrected chi connectivity index (χ3v) is 3.37. The van der Waals surface area contributed by atoms with E-state index in [1.807, 2.05) is 25.1 Å². The molecule has 0 bridgehead atoms. The molecule has 0 unspecified atom stereocenters. The second-order valence-electron chi connectivity index (χ2n) is 5.31. The molecule has 25 heavy (non-hydrogen) atoms. The minimum atomic E-state index is -4.41. The zero-order valence-electron chi connectivity index (χ0n) is 14.1. The standard InChI is InChI=1S/C22H15F3/c1-4-6-19-14-16(3)8-9-17(19)10-11-18-12-13-21(22(23,24)25)15-20(18)7-5-2/h8-9,12-15H,1-3H3. The average Bonchev–Trinajstić information content (AvgIpc) is 2.54. The number of aryl methyl sites for hydroxylation is 1. The van der Waals surface area contributed by atoms with E-state index in [0.717, 1.165) is 28.8 Å². The van der Waals surface area contributed by atoms with E-state index in [2.05, 4.69) is 35.5 Å². The monoisotopic (exact) mass is 336 g/mol. The fraction of sp³-hybridized carbons (Fsp3) is 0.182. The van der Waals surface area contributed by atoms with Crippen molar-refractivity contribution >= 4 is 0 Å². The van der Waals surface area contributed by atoms with Gasteiger partial charge in [0.2, 0.25) is 0 Å². The Morgan fingerprint density at radius 2 is 1.20 bits per heavy atom. The van der Waals surface area contributed by atoms with Crippen LogP contribution >= 0.6 is 0 Å². The van der Waals surface area contributed by atoms with Gasteiger partial charge in [-0.2, -0.15) is 13.2 Å². The summed E-state index contributed by atoms with van der Waals surface area (Å²) in [6.45, 7) is 5.28. The quantitative estimate of drug-likeness (QED) is 0.583. The van der Waals surface area contributed by atoms with Crippen molar-refractivity contribution in [3.05, 3.63) is 69.8 Å². The van der Waals surface area contributed by atoms with Gasteiger partial charge in [0.15, 0.2) is 0 Å². The Hall–Kier alpha value is -3.09. The predicted molar refractivity (Wildman–Crippen MR) is 93.7 cm³/mol. The molecular weight excluding hydrogens is 321 g/mol. The summed E-state index contributed by atoms with van der Waals surface area (Å²) in [5.41, 5.74) is 2.58. The van der Waals surface area contributed by atoms with Gasteiger partial charge in [0.25, 0.3) is 0 Å². The van der Waals surface area contributed by atoms with Crippen molar-refractivity contribution in [2.75, 3.05) is 0 Å². The molecule has 0 aliphatic rings. The molecule has 0 amide bonds. The van der Waals surface area contributed by atoms with Crippen LogP contribution in [-0.4, -0.2) is 0 Å². The maximum atomic E-state index is 12.9. The third-order valence-electron chi connectivity index (χ3n) is 3.37. The van der Waals surface area contributed by atoms with Crippen molar-refractivity contribution in [3.8, 4) is 35.5 Å². The molecule has 2 aromatic carbocycles. The summed E-state index contributed by atoms with van der Waals surface area (Å²) in [6.07, 6.45) is -4.41. The van der Waals surface area contributed by atoms with E-state index >= 15 is 0 Å². The summed E-state index contributed by atoms with van der Waals surface area (Å²) in [5, 5.41) is 0. The first-order valence-corrected chi connectivity index (χ1v) is 7.54. The first-order valence-electron chi connectivity index (χ1n) is 7.54. The highest BCUT2D eigenvalue weighted by Gasteiger charge is 2.30. The van der Waals surface area contributed by atoms with Crippen LogP contribution in [0.4, 0.5) is 13.2 Å². The first kappa shape index (κ1) is 18.3. The Morgan fingerprint density at radius 1 is 0.680 bits per heavy atom. The van der Waals surface area contributed by atoms with Crippen LogP contribution in [0.2, 0.25) is 0 Å². The number of rotatable bonds is 0. The van der Waals surface area contributed by atoms with Crippen LogP contribution in [0.1, 0.15) is 47.2 Å². The highest BCUT2D eigenvalue weighted by molar-refractivity contribution is 5.57. The topological polar surface area (TPSA) is 0 Å². The van der Waals surface area contributed by atoms with E-state index in [1.165, 1.54) is 6.07 Å². The summed E-state index contributed by atoms with van der Waals surface area (Å²) in [7, 11) is 0. The second kappa shape index (κ2) is 7.65. The molecule has 3 heteroatoms. The average molecular weight is 336 g/mol. The van der Waals surface area contributed by atoms with Gasteiger partial charge in [-0.3, -0.25) is 0 Å². The van der Waals surface area contributed by atoms with Crippen LogP contribution in [0.3, 0.4) is 0 Å². The minimum absolute atomic E-state index is 0.264. The molecule has 2 rings (SSSR count). The summed E-state index contributed by atoms with van der Waals surface area (Å²) < 4.78 is 38.6. The van der Waals surface area contributed by atoms with Crippen LogP contribution < -0.4 is 0 Å². The highest BCUT2D eigenvalue weighted by Crippen LogP contribution is 2.30. The summed E-state index contributed by atoms with van der Waals surface area (Å²) in [4.78, 5) is 0. The van der Waals surface area contributed by atoms with Crippen molar-refractivity contribution in [1.82, 2.24) is 0 Å². The Morgan fingerprint density at radius 3 is 1.72 bits per heavy atom. The molecule has 0 nitrogen and oxygen atoms in total. The molecule has 0 atom stereocenters. The molecule has 0 heterocycles. The predicted octanol–water partition coefficient (Wildman–Crippen LogP) is 5.16. The number of hydrogen-bond donors (Lipinski definition) is 0. The Bertz CT molecular complexity index is 976. The zero-order valence-corrected chi connectivity index (χ0v) is 14.1. The molecule has 0 spiro atoms. The van der Waals surface area contributed by atoms with Gasteiger partial charge >= 0.3 is 6.18 Å². The van der Waals surface area contributed by atoms with Crippen molar-refractivity contribution in [1.29, 1.82) is 0 Å². The normalized spacial score (nSPS) is 9.84. The van der Waals surface area contributed by atoms with Gasteiger partial charge in [-0.05, 0) is 56.7 Å². The van der Waals surface area contributed by atoms with E-state index in [-0.39, 0.29) is 5.56 Å². The number of benzene rings is 2. The molecule has 0 saturated heterocycles. The number of halogens is 3. The Labute approximate surface area is 146 Å². The van der Waals surface area contributed by atoms with Crippen LogP contribution in [-0.2, 0) is 6.18 Å². The SMILES string of the molecule is CC#Cc1cc(C)ccc1C#Cc1ccc(C(F)(F)F)cc1C#CC. The van der Waals surface area contributed by atoms with E-state index in [9.17, 15) is 13.2 Å². The van der Waals surface area contributed by atoms with Crippen molar-refractivity contribution in [3.63, 3.8) is 0 Å². The Balaban J connectivity index is 2.53. The molecule has 0 aromatic heterocycles. The van der Waals surface area contributed by atoms with Crippen LogP contribution in [0.15, 0.2) is 36.4 Å². The third kappa shape index (κ3) is 4.69. The van der Waals surface area contributed by atoms with Gasteiger partial charge in [0.05, 0.1) is 5.56 Å². The molecule has 0 N–H and O–H groups in total. The lowest BCUT2D eigenvalue weighted by Crippen LogP contribution is -2.05.